The van der Waals surface area contributed by atoms with E-state index in [-0.39, 0.29) is 11.9 Å². The van der Waals surface area contributed by atoms with Crippen LogP contribution in [0, 0.1) is 5.82 Å². The molecule has 6 nitrogen and oxygen atoms in total. The number of hydrogen-bond donors (Lipinski definition) is 3. The van der Waals surface area contributed by atoms with E-state index >= 15 is 0 Å². The lowest BCUT2D eigenvalue weighted by Crippen LogP contribution is -2.20. The molecular weight excluding hydrogens is 405 g/mol. The van der Waals surface area contributed by atoms with Gasteiger partial charge in [-0.15, -0.1) is 5.10 Å². The molecule has 1 saturated carbocycles. The summed E-state index contributed by atoms with van der Waals surface area (Å²) in [5.74, 6) is 0.702. The first-order valence-corrected chi connectivity index (χ1v) is 11.9. The van der Waals surface area contributed by atoms with Crippen molar-refractivity contribution in [1.82, 2.24) is 14.6 Å². The lowest BCUT2D eigenvalue weighted by Gasteiger charge is -2.25. The third kappa shape index (κ3) is 5.38. The summed E-state index contributed by atoms with van der Waals surface area (Å²) in [5.41, 5.74) is 3.73. The van der Waals surface area contributed by atoms with Gasteiger partial charge in [0.1, 0.15) is 11.3 Å². The predicted molar refractivity (Wildman–Crippen MR) is 127 cm³/mol. The number of aromatic nitrogens is 3. The average molecular weight is 440 g/mol. The number of aliphatic hydroxyl groups excluding tert-OH is 1. The van der Waals surface area contributed by atoms with Gasteiger partial charge in [-0.1, -0.05) is 26.2 Å². The number of nitrogens with one attached hydrogen (secondary N) is 2. The maximum absolute atomic E-state index is 13.3. The molecule has 0 unspecified atom stereocenters. The fraction of sp³-hybridized carbons (Fsp3) is 0.520. The SMILES string of the molecule is CCCCC[C@H](C)Nc1ncc2c(Nc3ccc(F)cc3)cc(C3CCC(O)CC3)n2n1. The Kier molecular flexibility index (Phi) is 7.25. The van der Waals surface area contributed by atoms with Crippen molar-refractivity contribution >= 4 is 22.8 Å². The van der Waals surface area contributed by atoms with Crippen LogP contribution in [0.3, 0.4) is 0 Å². The van der Waals surface area contributed by atoms with E-state index in [1.807, 2.05) is 10.7 Å². The Bertz CT molecular complexity index is 1010. The van der Waals surface area contributed by atoms with Gasteiger partial charge in [0.05, 0.1) is 18.0 Å². The minimum Gasteiger partial charge on any atom is -0.393 e. The molecule has 3 N–H and O–H groups in total. The third-order valence-corrected chi connectivity index (χ3v) is 6.40. The van der Waals surface area contributed by atoms with E-state index in [2.05, 4.69) is 35.5 Å². The molecule has 0 radical (unpaired) electrons. The van der Waals surface area contributed by atoms with Gasteiger partial charge in [-0.2, -0.15) is 0 Å². The van der Waals surface area contributed by atoms with Crippen molar-refractivity contribution in [2.75, 3.05) is 10.6 Å². The van der Waals surface area contributed by atoms with Crippen molar-refractivity contribution in [1.29, 1.82) is 0 Å². The summed E-state index contributed by atoms with van der Waals surface area (Å²) in [5, 5.41) is 21.7. The van der Waals surface area contributed by atoms with Crippen molar-refractivity contribution in [3.8, 4) is 0 Å². The second kappa shape index (κ2) is 10.3. The van der Waals surface area contributed by atoms with E-state index in [0.29, 0.717) is 17.9 Å². The van der Waals surface area contributed by atoms with Crippen LogP contribution >= 0.6 is 0 Å². The van der Waals surface area contributed by atoms with Crippen LogP contribution in [-0.2, 0) is 0 Å². The molecule has 1 atom stereocenters. The van der Waals surface area contributed by atoms with Crippen molar-refractivity contribution in [3.05, 3.63) is 48.0 Å². The Morgan fingerprint density at radius 3 is 2.62 bits per heavy atom. The molecule has 1 aromatic carbocycles. The lowest BCUT2D eigenvalue weighted by atomic mass is 9.85. The normalized spacial score (nSPS) is 19.8. The minimum absolute atomic E-state index is 0.204. The molecule has 0 bridgehead atoms. The third-order valence-electron chi connectivity index (χ3n) is 6.40. The predicted octanol–water partition coefficient (Wildman–Crippen LogP) is 6.01. The second-order valence-corrected chi connectivity index (χ2v) is 9.04. The summed E-state index contributed by atoms with van der Waals surface area (Å²) in [6.07, 6.45) is 9.86. The van der Waals surface area contributed by atoms with Gasteiger partial charge < -0.3 is 15.7 Å². The van der Waals surface area contributed by atoms with Gasteiger partial charge in [0.15, 0.2) is 0 Å². The molecule has 0 amide bonds. The number of hydrogen-bond acceptors (Lipinski definition) is 5. The molecule has 0 aliphatic heterocycles. The van der Waals surface area contributed by atoms with Gasteiger partial charge in [-0.05, 0) is 69.4 Å². The molecule has 4 rings (SSSR count). The van der Waals surface area contributed by atoms with E-state index < -0.39 is 0 Å². The van der Waals surface area contributed by atoms with Crippen molar-refractivity contribution in [2.24, 2.45) is 0 Å². The number of unbranched alkanes of at least 4 members (excludes halogenated alkanes) is 2. The standard InChI is InChI=1S/C25H34FN5O/c1-3-4-5-6-17(2)28-25-27-16-24-22(29-20-11-9-19(26)10-12-20)15-23(31(24)30-25)18-7-13-21(32)14-8-18/h9-12,15-18,21,29,32H,3-8,13-14H2,1-2H3,(H,28,30)/t17-,18?,21?/m0/s1. The molecule has 7 heteroatoms. The van der Waals surface area contributed by atoms with Crippen LogP contribution in [0.2, 0.25) is 0 Å². The summed E-state index contributed by atoms with van der Waals surface area (Å²) < 4.78 is 15.3. The zero-order valence-electron chi connectivity index (χ0n) is 19.0. The van der Waals surface area contributed by atoms with Crippen LogP contribution in [-0.4, -0.2) is 31.9 Å². The van der Waals surface area contributed by atoms with Crippen LogP contribution in [0.25, 0.3) is 5.52 Å². The largest absolute Gasteiger partial charge is 0.393 e. The smallest absolute Gasteiger partial charge is 0.241 e. The molecule has 32 heavy (non-hydrogen) atoms. The number of fused-ring (bicyclic) bond motifs is 1. The lowest BCUT2D eigenvalue weighted by molar-refractivity contribution is 0.121. The maximum atomic E-state index is 13.3. The number of benzene rings is 1. The first kappa shape index (κ1) is 22.5. The summed E-state index contributed by atoms with van der Waals surface area (Å²) >= 11 is 0. The number of nitrogens with zero attached hydrogens (tertiary/aromatic N) is 3. The summed E-state index contributed by atoms with van der Waals surface area (Å²) in [6, 6.07) is 8.78. The average Bonchev–Trinajstić information content (AvgIpc) is 3.13. The van der Waals surface area contributed by atoms with E-state index in [0.717, 1.165) is 54.7 Å². The highest BCUT2D eigenvalue weighted by molar-refractivity contribution is 5.78. The zero-order chi connectivity index (χ0) is 22.5. The topological polar surface area (TPSA) is 74.5 Å². The van der Waals surface area contributed by atoms with Gasteiger partial charge in [0.2, 0.25) is 5.95 Å². The zero-order valence-corrected chi connectivity index (χ0v) is 19.0. The van der Waals surface area contributed by atoms with Gasteiger partial charge in [-0.3, -0.25) is 0 Å². The molecule has 1 fully saturated rings. The van der Waals surface area contributed by atoms with Crippen LogP contribution < -0.4 is 10.6 Å². The van der Waals surface area contributed by atoms with E-state index in [1.165, 1.54) is 31.4 Å². The highest BCUT2D eigenvalue weighted by Gasteiger charge is 2.25. The minimum atomic E-state index is -0.258. The highest BCUT2D eigenvalue weighted by atomic mass is 19.1. The number of anilines is 3. The molecule has 0 spiro atoms. The van der Waals surface area contributed by atoms with Gasteiger partial charge in [0, 0.05) is 23.3 Å². The van der Waals surface area contributed by atoms with E-state index in [1.54, 1.807) is 12.1 Å². The maximum Gasteiger partial charge on any atom is 0.241 e. The van der Waals surface area contributed by atoms with Crippen molar-refractivity contribution in [2.45, 2.75) is 83.3 Å². The summed E-state index contributed by atoms with van der Waals surface area (Å²) in [4.78, 5) is 4.58. The molecule has 0 saturated heterocycles. The molecule has 2 aromatic heterocycles. The van der Waals surface area contributed by atoms with Crippen LogP contribution in [0.1, 0.15) is 76.8 Å². The Morgan fingerprint density at radius 2 is 1.91 bits per heavy atom. The Labute approximate surface area is 189 Å². The Hall–Kier alpha value is -2.67. The molecule has 3 aromatic rings. The highest BCUT2D eigenvalue weighted by Crippen LogP contribution is 2.37. The molecule has 1 aliphatic carbocycles. The fourth-order valence-corrected chi connectivity index (χ4v) is 4.53. The Balaban J connectivity index is 1.62. The van der Waals surface area contributed by atoms with Crippen LogP contribution in [0.4, 0.5) is 21.7 Å². The first-order valence-electron chi connectivity index (χ1n) is 11.9. The van der Waals surface area contributed by atoms with E-state index in [4.69, 9.17) is 5.10 Å². The summed E-state index contributed by atoms with van der Waals surface area (Å²) in [7, 11) is 0. The molecular formula is C25H34FN5O. The van der Waals surface area contributed by atoms with Crippen molar-refractivity contribution in [3.63, 3.8) is 0 Å². The van der Waals surface area contributed by atoms with Gasteiger partial charge >= 0.3 is 0 Å². The fourth-order valence-electron chi connectivity index (χ4n) is 4.53. The quantitative estimate of drug-likeness (QED) is 0.356. The molecule has 2 heterocycles. The van der Waals surface area contributed by atoms with Crippen LogP contribution in [0.15, 0.2) is 36.5 Å². The molecule has 1 aliphatic rings. The molecule has 172 valence electrons. The summed E-state index contributed by atoms with van der Waals surface area (Å²) in [6.45, 7) is 4.38. The second-order valence-electron chi connectivity index (χ2n) is 9.04. The number of halogens is 1. The van der Waals surface area contributed by atoms with Gasteiger partial charge in [0.25, 0.3) is 0 Å². The van der Waals surface area contributed by atoms with Crippen LogP contribution in [0.5, 0.6) is 0 Å². The monoisotopic (exact) mass is 439 g/mol. The van der Waals surface area contributed by atoms with Gasteiger partial charge in [-0.25, -0.2) is 13.9 Å². The Morgan fingerprint density at radius 1 is 1.16 bits per heavy atom. The van der Waals surface area contributed by atoms with E-state index in [9.17, 15) is 9.50 Å². The van der Waals surface area contributed by atoms with Crippen molar-refractivity contribution < 1.29 is 9.50 Å². The first-order chi connectivity index (χ1) is 15.5. The number of aliphatic hydroxyl groups is 1. The number of rotatable bonds is 9.